The zero-order chi connectivity index (χ0) is 16.7. The highest BCUT2D eigenvalue weighted by Gasteiger charge is 2.12. The Kier molecular flexibility index (Phi) is 3.16. The quantitative estimate of drug-likeness (QED) is 0.557. The second-order valence-electron chi connectivity index (χ2n) is 5.51. The van der Waals surface area contributed by atoms with E-state index in [0.717, 1.165) is 16.5 Å². The average molecular weight is 318 g/mol. The number of para-hydroxylation sites is 1. The minimum Gasteiger partial charge on any atom is -0.508 e. The molecule has 118 valence electrons. The van der Waals surface area contributed by atoms with E-state index < -0.39 is 0 Å². The van der Waals surface area contributed by atoms with Crippen LogP contribution in [0.2, 0.25) is 0 Å². The maximum absolute atomic E-state index is 12.7. The van der Waals surface area contributed by atoms with Crippen LogP contribution in [0.3, 0.4) is 0 Å². The molecule has 0 aliphatic rings. The fraction of sp³-hybridized carbons (Fsp3) is 0.0556. The SMILES string of the molecule is Cc1nc2c([nH]c3ccccc32)c(=O)n1/N=C/c1ccc(O)cc1. The first-order chi connectivity index (χ1) is 11.6. The number of H-pyrrole nitrogens is 1. The summed E-state index contributed by atoms with van der Waals surface area (Å²) in [6.07, 6.45) is 1.56. The second-order valence-corrected chi connectivity index (χ2v) is 5.51. The van der Waals surface area contributed by atoms with Gasteiger partial charge < -0.3 is 10.1 Å². The maximum Gasteiger partial charge on any atom is 0.298 e. The first-order valence-corrected chi connectivity index (χ1v) is 7.47. The third-order valence-electron chi connectivity index (χ3n) is 3.88. The fourth-order valence-electron chi connectivity index (χ4n) is 2.68. The number of aromatic hydroxyl groups is 1. The number of phenols is 1. The molecule has 24 heavy (non-hydrogen) atoms. The van der Waals surface area contributed by atoms with Gasteiger partial charge in [-0.05, 0) is 42.8 Å². The summed E-state index contributed by atoms with van der Waals surface area (Å²) in [6.45, 7) is 1.75. The van der Waals surface area contributed by atoms with E-state index in [1.54, 1.807) is 37.4 Å². The molecule has 0 amide bonds. The Labute approximate surface area is 136 Å². The molecule has 2 N–H and O–H groups in total. The summed E-state index contributed by atoms with van der Waals surface area (Å²) < 4.78 is 1.27. The average Bonchev–Trinajstić information content (AvgIpc) is 2.95. The number of rotatable bonds is 2. The van der Waals surface area contributed by atoms with Crippen LogP contribution in [0.4, 0.5) is 0 Å². The van der Waals surface area contributed by atoms with Crippen molar-refractivity contribution < 1.29 is 5.11 Å². The molecular weight excluding hydrogens is 304 g/mol. The Morgan fingerprint density at radius 1 is 1.17 bits per heavy atom. The lowest BCUT2D eigenvalue weighted by atomic mass is 10.2. The van der Waals surface area contributed by atoms with Crippen molar-refractivity contribution in [3.63, 3.8) is 0 Å². The zero-order valence-electron chi connectivity index (χ0n) is 12.9. The van der Waals surface area contributed by atoms with E-state index >= 15 is 0 Å². The van der Waals surface area contributed by atoms with E-state index in [0.29, 0.717) is 16.9 Å². The van der Waals surface area contributed by atoms with Gasteiger partial charge in [-0.15, -0.1) is 0 Å². The van der Waals surface area contributed by atoms with E-state index in [1.165, 1.54) is 4.68 Å². The van der Waals surface area contributed by atoms with Crippen molar-refractivity contribution in [1.82, 2.24) is 14.6 Å². The summed E-state index contributed by atoms with van der Waals surface area (Å²) in [5, 5.41) is 14.5. The Hall–Kier alpha value is -3.41. The van der Waals surface area contributed by atoms with Crippen LogP contribution in [0.15, 0.2) is 58.4 Å². The van der Waals surface area contributed by atoms with Crippen LogP contribution in [-0.4, -0.2) is 26.0 Å². The van der Waals surface area contributed by atoms with E-state index in [1.807, 2.05) is 24.3 Å². The predicted molar refractivity (Wildman–Crippen MR) is 93.7 cm³/mol. The molecule has 6 nitrogen and oxygen atoms in total. The number of hydrogen-bond acceptors (Lipinski definition) is 4. The van der Waals surface area contributed by atoms with Gasteiger partial charge in [0, 0.05) is 10.9 Å². The zero-order valence-corrected chi connectivity index (χ0v) is 12.9. The van der Waals surface area contributed by atoms with E-state index in [2.05, 4.69) is 15.1 Å². The van der Waals surface area contributed by atoms with Gasteiger partial charge in [0.05, 0.1) is 6.21 Å². The molecule has 0 fully saturated rings. The number of nitrogens with zero attached hydrogens (tertiary/aromatic N) is 3. The van der Waals surface area contributed by atoms with E-state index in [4.69, 9.17) is 0 Å². The lowest BCUT2D eigenvalue weighted by molar-refractivity contribution is 0.475. The molecule has 0 spiro atoms. The van der Waals surface area contributed by atoms with Gasteiger partial charge in [0.25, 0.3) is 5.56 Å². The molecule has 0 aliphatic heterocycles. The minimum atomic E-state index is -0.247. The van der Waals surface area contributed by atoms with Gasteiger partial charge in [-0.25, -0.2) is 4.98 Å². The molecule has 0 atom stereocenters. The number of aryl methyl sites for hydroxylation is 1. The van der Waals surface area contributed by atoms with Crippen LogP contribution in [0.25, 0.3) is 21.9 Å². The number of benzene rings is 2. The topological polar surface area (TPSA) is 83.3 Å². The highest BCUT2D eigenvalue weighted by molar-refractivity contribution is 6.04. The van der Waals surface area contributed by atoms with Gasteiger partial charge in [0.15, 0.2) is 0 Å². The predicted octanol–water partition coefficient (Wildman–Crippen LogP) is 2.77. The molecule has 2 aromatic heterocycles. The second kappa shape index (κ2) is 5.34. The Morgan fingerprint density at radius 3 is 2.71 bits per heavy atom. The molecule has 0 radical (unpaired) electrons. The Morgan fingerprint density at radius 2 is 1.92 bits per heavy atom. The number of aromatic nitrogens is 3. The summed E-state index contributed by atoms with van der Waals surface area (Å²) in [5.41, 5.74) is 2.49. The highest BCUT2D eigenvalue weighted by atomic mass is 16.3. The van der Waals surface area contributed by atoms with Crippen LogP contribution in [-0.2, 0) is 0 Å². The van der Waals surface area contributed by atoms with Gasteiger partial charge in [-0.3, -0.25) is 4.79 Å². The first kappa shape index (κ1) is 14.2. The van der Waals surface area contributed by atoms with Crippen molar-refractivity contribution in [3.8, 4) is 5.75 Å². The van der Waals surface area contributed by atoms with Gasteiger partial charge in [-0.2, -0.15) is 9.78 Å². The first-order valence-electron chi connectivity index (χ1n) is 7.47. The monoisotopic (exact) mass is 318 g/mol. The molecular formula is C18H14N4O2. The molecule has 4 aromatic rings. The summed E-state index contributed by atoms with van der Waals surface area (Å²) in [6, 6.07) is 14.2. The van der Waals surface area contributed by atoms with Crippen molar-refractivity contribution in [2.75, 3.05) is 0 Å². The number of hydrogen-bond donors (Lipinski definition) is 2. The molecule has 0 bridgehead atoms. The van der Waals surface area contributed by atoms with E-state index in [9.17, 15) is 9.90 Å². The lowest BCUT2D eigenvalue weighted by Gasteiger charge is -2.03. The smallest absolute Gasteiger partial charge is 0.298 e. The fourth-order valence-corrected chi connectivity index (χ4v) is 2.68. The van der Waals surface area contributed by atoms with Crippen LogP contribution in [0.5, 0.6) is 5.75 Å². The van der Waals surface area contributed by atoms with Gasteiger partial charge in [-0.1, -0.05) is 18.2 Å². The van der Waals surface area contributed by atoms with Crippen LogP contribution in [0, 0.1) is 6.92 Å². The molecule has 0 unspecified atom stereocenters. The molecule has 2 aromatic carbocycles. The van der Waals surface area contributed by atoms with Crippen LogP contribution in [0.1, 0.15) is 11.4 Å². The summed E-state index contributed by atoms with van der Waals surface area (Å²) >= 11 is 0. The molecule has 0 saturated carbocycles. The Bertz CT molecular complexity index is 1140. The molecule has 0 aliphatic carbocycles. The molecule has 0 saturated heterocycles. The maximum atomic E-state index is 12.7. The van der Waals surface area contributed by atoms with Crippen molar-refractivity contribution in [3.05, 3.63) is 70.3 Å². The highest BCUT2D eigenvalue weighted by Crippen LogP contribution is 2.21. The van der Waals surface area contributed by atoms with Crippen molar-refractivity contribution in [2.45, 2.75) is 6.92 Å². The third-order valence-corrected chi connectivity index (χ3v) is 3.88. The lowest BCUT2D eigenvalue weighted by Crippen LogP contribution is -2.20. The van der Waals surface area contributed by atoms with Gasteiger partial charge >= 0.3 is 0 Å². The third kappa shape index (κ3) is 2.25. The number of phenolic OH excluding ortho intramolecular Hbond substituents is 1. The van der Waals surface area contributed by atoms with Crippen molar-refractivity contribution in [2.24, 2.45) is 5.10 Å². The van der Waals surface area contributed by atoms with Gasteiger partial charge in [0.2, 0.25) is 0 Å². The summed E-state index contributed by atoms with van der Waals surface area (Å²) in [4.78, 5) is 20.4. The Balaban J connectivity index is 1.88. The van der Waals surface area contributed by atoms with Crippen molar-refractivity contribution in [1.29, 1.82) is 0 Å². The number of nitrogens with one attached hydrogen (secondary N) is 1. The van der Waals surface area contributed by atoms with Gasteiger partial charge in [0.1, 0.15) is 22.6 Å². The molecule has 4 rings (SSSR count). The summed E-state index contributed by atoms with van der Waals surface area (Å²) in [5.74, 6) is 0.689. The minimum absolute atomic E-state index is 0.182. The number of aromatic amines is 1. The standard InChI is InChI=1S/C18H14N4O2/c1-11-20-16-14-4-2-3-5-15(14)21-17(16)18(24)22(11)19-10-12-6-8-13(23)9-7-12/h2-10,21,23H,1H3/b19-10+. The normalized spacial score (nSPS) is 11.7. The number of fused-ring (bicyclic) bond motifs is 3. The van der Waals surface area contributed by atoms with E-state index in [-0.39, 0.29) is 11.3 Å². The molecule has 2 heterocycles. The van der Waals surface area contributed by atoms with Crippen LogP contribution >= 0.6 is 0 Å². The summed E-state index contributed by atoms with van der Waals surface area (Å²) in [7, 11) is 0. The largest absolute Gasteiger partial charge is 0.508 e. The van der Waals surface area contributed by atoms with Crippen molar-refractivity contribution >= 4 is 28.2 Å². The molecule has 6 heteroatoms. The van der Waals surface area contributed by atoms with Crippen LogP contribution < -0.4 is 5.56 Å².